The Bertz CT molecular complexity index is 1210. The molecule has 2 aliphatic heterocycles. The zero-order valence-corrected chi connectivity index (χ0v) is 22.3. The van der Waals surface area contributed by atoms with Crippen molar-refractivity contribution in [2.24, 2.45) is 11.5 Å². The van der Waals surface area contributed by atoms with Crippen LogP contribution < -0.4 is 22.1 Å². The molecule has 0 aliphatic carbocycles. The average Bonchev–Trinajstić information content (AvgIpc) is 2.89. The Balaban J connectivity index is 1.76. The monoisotopic (exact) mass is 588 g/mol. The lowest BCUT2D eigenvalue weighted by Crippen LogP contribution is -2.53. The van der Waals surface area contributed by atoms with Gasteiger partial charge in [0.05, 0.1) is 0 Å². The number of aliphatic hydroxyl groups is 1. The molecule has 2 heterocycles. The number of carbonyl (C=O) groups is 1. The van der Waals surface area contributed by atoms with Crippen LogP contribution in [-0.4, -0.2) is 55.3 Å². The summed E-state index contributed by atoms with van der Waals surface area (Å²) in [5.41, 5.74) is 7.40. The third kappa shape index (κ3) is 6.32. The number of urea groups is 1. The minimum absolute atomic E-state index is 0.291. The number of hydrogen-bond donors (Lipinski definition) is 5. The summed E-state index contributed by atoms with van der Waals surface area (Å²) in [6.07, 6.45) is -8.83. The van der Waals surface area contributed by atoms with Gasteiger partial charge in [0.1, 0.15) is 0 Å². The third-order valence-electron chi connectivity index (χ3n) is 8.32. The van der Waals surface area contributed by atoms with Gasteiger partial charge in [-0.25, -0.2) is 4.79 Å². The first-order valence-corrected chi connectivity index (χ1v) is 13.3. The van der Waals surface area contributed by atoms with Gasteiger partial charge < -0.3 is 31.9 Å². The van der Waals surface area contributed by atoms with Crippen molar-refractivity contribution in [3.05, 3.63) is 64.7 Å². The molecule has 0 bridgehead atoms. The largest absolute Gasteiger partial charge is 0.430 e. The summed E-state index contributed by atoms with van der Waals surface area (Å²) in [7, 11) is 0. The van der Waals surface area contributed by atoms with Crippen LogP contribution in [0, 0.1) is 0 Å². The Labute approximate surface area is 233 Å². The molecule has 2 aromatic carbocycles. The SMILES string of the molecule is NC(=O)Nc1cccc(C2(Cc3ccc(C(O)(C(F)(F)F)C(F)(F)F)cc3)CCNCC2)c1CC1(N)CCOCC1. The Hall–Kier alpha value is -2.87. The lowest BCUT2D eigenvalue weighted by atomic mass is 9.66. The summed E-state index contributed by atoms with van der Waals surface area (Å²) in [4.78, 5) is 11.9. The number of rotatable bonds is 7. The smallest absolute Gasteiger partial charge is 0.381 e. The molecule has 4 rings (SSSR count). The van der Waals surface area contributed by atoms with Crippen LogP contribution >= 0.6 is 0 Å². The highest BCUT2D eigenvalue weighted by molar-refractivity contribution is 5.89. The van der Waals surface area contributed by atoms with Crippen LogP contribution in [0.15, 0.2) is 42.5 Å². The maximum Gasteiger partial charge on any atom is 0.430 e. The minimum atomic E-state index is -5.96. The second-order valence-corrected chi connectivity index (χ2v) is 11.1. The van der Waals surface area contributed by atoms with Crippen molar-refractivity contribution < 1.29 is 41.0 Å². The number of nitrogens with two attached hydrogens (primary N) is 2. The molecule has 7 N–H and O–H groups in total. The molecular weight excluding hydrogens is 554 g/mol. The van der Waals surface area contributed by atoms with E-state index in [-0.39, 0.29) is 0 Å². The van der Waals surface area contributed by atoms with E-state index in [1.807, 2.05) is 6.07 Å². The third-order valence-corrected chi connectivity index (χ3v) is 8.32. The molecule has 2 aromatic rings. The highest BCUT2D eigenvalue weighted by Crippen LogP contribution is 2.50. The molecule has 0 unspecified atom stereocenters. The predicted molar refractivity (Wildman–Crippen MR) is 140 cm³/mol. The van der Waals surface area contributed by atoms with Gasteiger partial charge >= 0.3 is 18.4 Å². The molecule has 0 radical (unpaired) electrons. The van der Waals surface area contributed by atoms with E-state index in [1.165, 1.54) is 12.1 Å². The van der Waals surface area contributed by atoms with Gasteiger partial charge in [0.15, 0.2) is 0 Å². The molecule has 2 aliphatic rings. The van der Waals surface area contributed by atoms with Gasteiger partial charge in [-0.2, -0.15) is 26.3 Å². The van der Waals surface area contributed by atoms with Crippen molar-refractivity contribution in [3.8, 4) is 0 Å². The number of halogens is 6. The van der Waals surface area contributed by atoms with E-state index >= 15 is 0 Å². The summed E-state index contributed by atoms with van der Waals surface area (Å²) in [6, 6.07) is 8.41. The molecule has 2 fully saturated rings. The van der Waals surface area contributed by atoms with E-state index < -0.39 is 40.5 Å². The topological polar surface area (TPSA) is 123 Å². The lowest BCUT2D eigenvalue weighted by Gasteiger charge is -2.42. The number of ether oxygens (including phenoxy) is 1. The number of benzene rings is 2. The number of nitrogens with one attached hydrogen (secondary N) is 2. The summed E-state index contributed by atoms with van der Waals surface area (Å²) in [5, 5.41) is 15.8. The molecule has 13 heteroatoms. The van der Waals surface area contributed by atoms with Crippen LogP contribution in [0.4, 0.5) is 36.8 Å². The molecule has 7 nitrogen and oxygen atoms in total. The summed E-state index contributed by atoms with van der Waals surface area (Å²) in [5.74, 6) is 0. The Morgan fingerprint density at radius 2 is 1.51 bits per heavy atom. The van der Waals surface area contributed by atoms with E-state index in [4.69, 9.17) is 16.2 Å². The number of amides is 2. The van der Waals surface area contributed by atoms with Crippen LogP contribution in [0.3, 0.4) is 0 Å². The van der Waals surface area contributed by atoms with Gasteiger partial charge in [-0.05, 0) is 74.4 Å². The van der Waals surface area contributed by atoms with E-state index in [1.54, 1.807) is 12.1 Å². The summed E-state index contributed by atoms with van der Waals surface area (Å²) in [6.45, 7) is 2.21. The molecule has 226 valence electrons. The van der Waals surface area contributed by atoms with Crippen LogP contribution in [0.25, 0.3) is 0 Å². The lowest BCUT2D eigenvalue weighted by molar-refractivity contribution is -0.376. The van der Waals surface area contributed by atoms with Crippen LogP contribution in [-0.2, 0) is 28.6 Å². The molecule has 0 spiro atoms. The molecule has 41 heavy (non-hydrogen) atoms. The fourth-order valence-electron chi connectivity index (χ4n) is 6.02. The van der Waals surface area contributed by atoms with E-state index in [2.05, 4.69) is 10.6 Å². The number of piperidine rings is 1. The van der Waals surface area contributed by atoms with Gasteiger partial charge in [-0.3, -0.25) is 0 Å². The second-order valence-electron chi connectivity index (χ2n) is 11.1. The van der Waals surface area contributed by atoms with Crippen molar-refractivity contribution in [3.63, 3.8) is 0 Å². The fraction of sp³-hybridized carbons (Fsp3) is 0.536. The Kier molecular flexibility index (Phi) is 8.66. The van der Waals surface area contributed by atoms with Crippen molar-refractivity contribution in [2.45, 2.75) is 67.4 Å². The van der Waals surface area contributed by atoms with Crippen LogP contribution in [0.5, 0.6) is 0 Å². The maximum atomic E-state index is 13.4. The minimum Gasteiger partial charge on any atom is -0.381 e. The normalized spacial score (nSPS) is 19.5. The van der Waals surface area contributed by atoms with Gasteiger partial charge in [0.2, 0.25) is 0 Å². The molecule has 2 saturated heterocycles. The summed E-state index contributed by atoms with van der Waals surface area (Å²) >= 11 is 0. The number of alkyl halides is 6. The highest BCUT2D eigenvalue weighted by Gasteiger charge is 2.71. The quantitative estimate of drug-likeness (QED) is 0.307. The standard InChI is InChI=1S/C28H34F6N4O3/c29-27(30,31)26(40,28(32,33)34)19-6-4-18(5-7-19)16-24(8-12-37-13-9-24)21-2-1-3-22(38-23(35)39)20(21)17-25(36)10-14-41-15-11-25/h1-7,37,40H,8-17,36H2,(H3,35,38,39). The average molecular weight is 589 g/mol. The molecule has 2 amide bonds. The number of primary amides is 1. The fourth-order valence-corrected chi connectivity index (χ4v) is 6.02. The van der Waals surface area contributed by atoms with Crippen LogP contribution in [0.1, 0.15) is 47.9 Å². The van der Waals surface area contributed by atoms with Gasteiger partial charge in [-0.1, -0.05) is 36.4 Å². The highest BCUT2D eigenvalue weighted by atomic mass is 19.4. The zero-order valence-electron chi connectivity index (χ0n) is 22.3. The maximum absolute atomic E-state index is 13.4. The number of anilines is 1. The van der Waals surface area contributed by atoms with E-state index in [9.17, 15) is 36.2 Å². The predicted octanol–water partition coefficient (Wildman–Crippen LogP) is 4.40. The first-order valence-electron chi connectivity index (χ1n) is 13.3. The van der Waals surface area contributed by atoms with Gasteiger partial charge in [0.25, 0.3) is 5.60 Å². The second kappa shape index (κ2) is 11.4. The Morgan fingerprint density at radius 1 is 0.927 bits per heavy atom. The van der Waals surface area contributed by atoms with E-state index in [0.29, 0.717) is 88.2 Å². The first kappa shape index (κ1) is 31.1. The van der Waals surface area contributed by atoms with E-state index in [0.717, 1.165) is 11.1 Å². The number of hydrogen-bond acceptors (Lipinski definition) is 5. The zero-order chi connectivity index (χ0) is 30.1. The first-order chi connectivity index (χ1) is 19.1. The molecule has 0 atom stereocenters. The molecular formula is C28H34F6N4O3. The van der Waals surface area contributed by atoms with Crippen molar-refractivity contribution in [1.82, 2.24) is 5.32 Å². The van der Waals surface area contributed by atoms with Crippen molar-refractivity contribution >= 4 is 11.7 Å². The Morgan fingerprint density at radius 3 is 2.05 bits per heavy atom. The van der Waals surface area contributed by atoms with Gasteiger partial charge in [-0.15, -0.1) is 0 Å². The molecule has 0 aromatic heterocycles. The van der Waals surface area contributed by atoms with Crippen molar-refractivity contribution in [1.29, 1.82) is 0 Å². The van der Waals surface area contributed by atoms with Crippen LogP contribution in [0.2, 0.25) is 0 Å². The summed E-state index contributed by atoms with van der Waals surface area (Å²) < 4.78 is 85.9. The number of carbonyl (C=O) groups excluding carboxylic acids is 1. The van der Waals surface area contributed by atoms with Crippen molar-refractivity contribution in [2.75, 3.05) is 31.6 Å². The van der Waals surface area contributed by atoms with Gasteiger partial charge in [0, 0.05) is 35.4 Å². The molecule has 0 saturated carbocycles.